The first-order valence-corrected chi connectivity index (χ1v) is 10.5. The molecule has 4 rings (SSSR count). The third-order valence-electron chi connectivity index (χ3n) is 6.41. The third kappa shape index (κ3) is 4.26. The van der Waals surface area contributed by atoms with Crippen LogP contribution in [0, 0.1) is 11.3 Å². The number of nitrogens with zero attached hydrogens (tertiary/aromatic N) is 1. The van der Waals surface area contributed by atoms with Gasteiger partial charge in [-0.05, 0) is 73.1 Å². The average molecular weight is 376 g/mol. The minimum absolute atomic E-state index is 0.145. The van der Waals surface area contributed by atoms with E-state index in [4.69, 9.17) is 9.47 Å². The predicted molar refractivity (Wildman–Crippen MR) is 106 cm³/mol. The highest BCUT2D eigenvalue weighted by Gasteiger charge is 2.44. The normalized spacial score (nSPS) is 26.9. The van der Waals surface area contributed by atoms with E-state index in [0.717, 1.165) is 24.6 Å². The second kappa shape index (κ2) is 6.95. The van der Waals surface area contributed by atoms with E-state index < -0.39 is 5.67 Å². The summed E-state index contributed by atoms with van der Waals surface area (Å²) in [5.41, 5.74) is 2.03. The quantitative estimate of drug-likeness (QED) is 0.695. The monoisotopic (exact) mass is 375 g/mol. The van der Waals surface area contributed by atoms with Gasteiger partial charge < -0.3 is 9.47 Å². The standard InChI is InChI=1S/C23H34FNO2/c1-22(2,3)13-16-5-6-19-18-12-20(26-4)21(27-15-23(24)8-9-23)11-17(18)7-10-25(19)14-16/h11-12,16,19H,5-10,13-15H2,1-4H3. The second-order valence-electron chi connectivity index (χ2n) is 10.1. The first-order valence-electron chi connectivity index (χ1n) is 10.5. The number of hydrogen-bond donors (Lipinski definition) is 0. The highest BCUT2D eigenvalue weighted by molar-refractivity contribution is 5.49. The number of hydrogen-bond acceptors (Lipinski definition) is 3. The van der Waals surface area contributed by atoms with Crippen LogP contribution in [0.25, 0.3) is 0 Å². The van der Waals surface area contributed by atoms with E-state index in [1.54, 1.807) is 7.11 Å². The lowest BCUT2D eigenvalue weighted by molar-refractivity contribution is 0.0793. The van der Waals surface area contributed by atoms with Crippen LogP contribution in [0.15, 0.2) is 12.1 Å². The van der Waals surface area contributed by atoms with E-state index >= 15 is 0 Å². The largest absolute Gasteiger partial charge is 0.493 e. The van der Waals surface area contributed by atoms with Crippen molar-refractivity contribution in [1.82, 2.24) is 4.90 Å². The molecule has 4 heteroatoms. The average Bonchev–Trinajstić information content (AvgIpc) is 3.35. The molecule has 0 aromatic heterocycles. The lowest BCUT2D eigenvalue weighted by atomic mass is 9.77. The van der Waals surface area contributed by atoms with Gasteiger partial charge in [-0.3, -0.25) is 4.90 Å². The minimum Gasteiger partial charge on any atom is -0.493 e. The van der Waals surface area contributed by atoms with Gasteiger partial charge in [0.25, 0.3) is 0 Å². The van der Waals surface area contributed by atoms with Gasteiger partial charge >= 0.3 is 0 Å². The lowest BCUT2D eigenvalue weighted by Gasteiger charge is -2.45. The molecule has 3 nitrogen and oxygen atoms in total. The van der Waals surface area contributed by atoms with Gasteiger partial charge in [0.1, 0.15) is 12.3 Å². The van der Waals surface area contributed by atoms with E-state index in [9.17, 15) is 4.39 Å². The molecule has 2 atom stereocenters. The first kappa shape index (κ1) is 19.0. The molecule has 2 fully saturated rings. The summed E-state index contributed by atoms with van der Waals surface area (Å²) in [6.07, 6.45) is 6.08. The maximum Gasteiger partial charge on any atom is 0.161 e. The lowest BCUT2D eigenvalue weighted by Crippen LogP contribution is -2.43. The molecule has 0 radical (unpaired) electrons. The summed E-state index contributed by atoms with van der Waals surface area (Å²) in [6, 6.07) is 4.76. The fourth-order valence-corrected chi connectivity index (χ4v) is 4.93. The Morgan fingerprint density at radius 1 is 1.19 bits per heavy atom. The van der Waals surface area contributed by atoms with Gasteiger partial charge in [-0.15, -0.1) is 0 Å². The van der Waals surface area contributed by atoms with Crippen LogP contribution in [0.1, 0.15) is 70.0 Å². The Kier molecular flexibility index (Phi) is 4.90. The van der Waals surface area contributed by atoms with E-state index in [0.29, 0.717) is 30.0 Å². The highest BCUT2D eigenvalue weighted by Crippen LogP contribution is 2.45. The molecule has 1 saturated carbocycles. The summed E-state index contributed by atoms with van der Waals surface area (Å²) in [5.74, 6) is 2.25. The van der Waals surface area contributed by atoms with E-state index in [2.05, 4.69) is 37.8 Å². The Labute approximate surface area is 163 Å². The van der Waals surface area contributed by atoms with Crippen molar-refractivity contribution < 1.29 is 13.9 Å². The van der Waals surface area contributed by atoms with Crippen molar-refractivity contribution in [3.05, 3.63) is 23.3 Å². The number of halogens is 1. The molecular formula is C23H34FNO2. The number of benzene rings is 1. The Hall–Kier alpha value is -1.29. The van der Waals surface area contributed by atoms with E-state index in [-0.39, 0.29) is 6.61 Å². The van der Waals surface area contributed by atoms with E-state index in [1.807, 2.05) is 0 Å². The van der Waals surface area contributed by atoms with Crippen molar-refractivity contribution in [2.75, 3.05) is 26.8 Å². The molecule has 150 valence electrons. The van der Waals surface area contributed by atoms with Crippen molar-refractivity contribution in [1.29, 1.82) is 0 Å². The van der Waals surface area contributed by atoms with Crippen LogP contribution in [0.3, 0.4) is 0 Å². The minimum atomic E-state index is -1.11. The third-order valence-corrected chi connectivity index (χ3v) is 6.41. The van der Waals surface area contributed by atoms with Crippen molar-refractivity contribution in [3.8, 4) is 11.5 Å². The maximum atomic E-state index is 14.0. The summed E-state index contributed by atoms with van der Waals surface area (Å²) in [4.78, 5) is 2.67. The first-order chi connectivity index (χ1) is 12.8. The molecule has 1 saturated heterocycles. The SMILES string of the molecule is COc1cc2c(cc1OCC1(F)CC1)CCN1CC(CC(C)(C)C)CCC21. The number of alkyl halides is 1. The zero-order valence-corrected chi connectivity index (χ0v) is 17.3. The molecule has 2 heterocycles. The summed E-state index contributed by atoms with van der Waals surface area (Å²) in [5, 5.41) is 0. The Morgan fingerprint density at radius 2 is 1.96 bits per heavy atom. The molecule has 1 aromatic carbocycles. The predicted octanol–water partition coefficient (Wildman–Crippen LogP) is 5.32. The van der Waals surface area contributed by atoms with Gasteiger partial charge in [0.2, 0.25) is 0 Å². The smallest absolute Gasteiger partial charge is 0.161 e. The molecule has 0 amide bonds. The van der Waals surface area contributed by atoms with Gasteiger partial charge in [0.15, 0.2) is 11.5 Å². The maximum absolute atomic E-state index is 14.0. The molecular weight excluding hydrogens is 341 g/mol. The molecule has 2 unspecified atom stereocenters. The van der Waals surface area contributed by atoms with Crippen LogP contribution >= 0.6 is 0 Å². The summed E-state index contributed by atoms with van der Waals surface area (Å²) in [7, 11) is 1.68. The number of methoxy groups -OCH3 is 1. The van der Waals surface area contributed by atoms with Gasteiger partial charge in [-0.25, -0.2) is 4.39 Å². The van der Waals surface area contributed by atoms with Crippen LogP contribution in [0.4, 0.5) is 4.39 Å². The van der Waals surface area contributed by atoms with Crippen molar-refractivity contribution >= 4 is 0 Å². The van der Waals surface area contributed by atoms with Crippen LogP contribution in [-0.2, 0) is 6.42 Å². The Morgan fingerprint density at radius 3 is 2.63 bits per heavy atom. The highest BCUT2D eigenvalue weighted by atomic mass is 19.1. The van der Waals surface area contributed by atoms with Crippen molar-refractivity contribution in [2.24, 2.45) is 11.3 Å². The van der Waals surface area contributed by atoms with Gasteiger partial charge in [0, 0.05) is 19.1 Å². The summed E-state index contributed by atoms with van der Waals surface area (Å²) in [6.45, 7) is 9.50. The topological polar surface area (TPSA) is 21.7 Å². The van der Waals surface area contributed by atoms with Gasteiger partial charge in [-0.2, -0.15) is 0 Å². The molecule has 0 N–H and O–H groups in total. The van der Waals surface area contributed by atoms with Crippen LogP contribution in [0.2, 0.25) is 0 Å². The van der Waals surface area contributed by atoms with Crippen LogP contribution in [-0.4, -0.2) is 37.4 Å². The number of rotatable bonds is 5. The second-order valence-corrected chi connectivity index (χ2v) is 10.1. The molecule has 1 aromatic rings. The van der Waals surface area contributed by atoms with Crippen molar-refractivity contribution in [2.45, 2.75) is 71.0 Å². The van der Waals surface area contributed by atoms with Crippen LogP contribution < -0.4 is 9.47 Å². The molecule has 0 bridgehead atoms. The zero-order valence-electron chi connectivity index (χ0n) is 17.3. The fraction of sp³-hybridized carbons (Fsp3) is 0.739. The molecule has 2 aliphatic heterocycles. The molecule has 3 aliphatic rings. The Bertz CT molecular complexity index is 692. The summed E-state index contributed by atoms with van der Waals surface area (Å²) >= 11 is 0. The molecule has 27 heavy (non-hydrogen) atoms. The Balaban J connectivity index is 1.50. The number of fused-ring (bicyclic) bond motifs is 3. The number of piperidine rings is 1. The van der Waals surface area contributed by atoms with Crippen molar-refractivity contribution in [3.63, 3.8) is 0 Å². The van der Waals surface area contributed by atoms with Gasteiger partial charge in [0.05, 0.1) is 7.11 Å². The van der Waals surface area contributed by atoms with Crippen LogP contribution in [0.5, 0.6) is 11.5 Å². The summed E-state index contributed by atoms with van der Waals surface area (Å²) < 4.78 is 25.4. The fourth-order valence-electron chi connectivity index (χ4n) is 4.93. The number of ether oxygens (including phenoxy) is 2. The van der Waals surface area contributed by atoms with E-state index in [1.165, 1.54) is 36.9 Å². The van der Waals surface area contributed by atoms with Gasteiger partial charge in [-0.1, -0.05) is 20.8 Å². The molecule has 0 spiro atoms. The zero-order chi connectivity index (χ0) is 19.2. The molecule has 1 aliphatic carbocycles.